The summed E-state index contributed by atoms with van der Waals surface area (Å²) in [5.41, 5.74) is 6.01. The lowest BCUT2D eigenvalue weighted by Gasteiger charge is -2.12. The average molecular weight is 321 g/mol. The van der Waals surface area contributed by atoms with Gasteiger partial charge in [-0.1, -0.05) is 0 Å². The van der Waals surface area contributed by atoms with E-state index in [4.69, 9.17) is 10.5 Å². The van der Waals surface area contributed by atoms with Crippen molar-refractivity contribution in [2.45, 2.75) is 17.4 Å². The van der Waals surface area contributed by atoms with Gasteiger partial charge in [-0.3, -0.25) is 0 Å². The zero-order valence-corrected chi connectivity index (χ0v) is 11.4. The maximum Gasteiger partial charge on any atom is 0.242 e. The Kier molecular flexibility index (Phi) is 3.72. The van der Waals surface area contributed by atoms with Crippen LogP contribution in [0.25, 0.3) is 0 Å². The third-order valence-corrected chi connectivity index (χ3v) is 5.01. The number of halogens is 1. The normalized spacial score (nSPS) is 20.6. The Hall–Kier alpha value is -0.630. The zero-order valence-electron chi connectivity index (χ0n) is 9.02. The molecule has 0 bridgehead atoms. The van der Waals surface area contributed by atoms with Gasteiger partial charge in [0.15, 0.2) is 0 Å². The first-order chi connectivity index (χ1) is 7.99. The van der Waals surface area contributed by atoms with Crippen LogP contribution in [-0.4, -0.2) is 27.7 Å². The van der Waals surface area contributed by atoms with Gasteiger partial charge in [0.25, 0.3) is 0 Å². The van der Waals surface area contributed by atoms with E-state index in [-0.39, 0.29) is 10.9 Å². The topological polar surface area (TPSA) is 81.4 Å². The monoisotopic (exact) mass is 320 g/mol. The Morgan fingerprint density at radius 2 is 2.24 bits per heavy atom. The molecule has 2 rings (SSSR count). The molecule has 0 radical (unpaired) electrons. The van der Waals surface area contributed by atoms with Crippen molar-refractivity contribution in [2.24, 2.45) is 0 Å². The fraction of sp³-hybridized carbons (Fsp3) is 0.400. The molecule has 1 aliphatic rings. The van der Waals surface area contributed by atoms with E-state index in [0.29, 0.717) is 29.8 Å². The highest BCUT2D eigenvalue weighted by atomic mass is 79.9. The Morgan fingerprint density at radius 1 is 1.47 bits per heavy atom. The summed E-state index contributed by atoms with van der Waals surface area (Å²) >= 11 is 3.21. The van der Waals surface area contributed by atoms with E-state index in [9.17, 15) is 8.42 Å². The molecule has 0 saturated carbocycles. The molecule has 1 atom stereocenters. The van der Waals surface area contributed by atoms with Gasteiger partial charge in [0.1, 0.15) is 0 Å². The maximum atomic E-state index is 12.1. The number of nitrogen functional groups attached to an aromatic ring is 1. The van der Waals surface area contributed by atoms with Crippen molar-refractivity contribution in [1.29, 1.82) is 0 Å². The van der Waals surface area contributed by atoms with E-state index in [0.717, 1.165) is 0 Å². The van der Waals surface area contributed by atoms with Gasteiger partial charge in [-0.25, -0.2) is 13.1 Å². The van der Waals surface area contributed by atoms with Gasteiger partial charge in [0, 0.05) is 22.8 Å². The maximum absolute atomic E-state index is 12.1. The first-order valence-corrected chi connectivity index (χ1v) is 7.42. The van der Waals surface area contributed by atoms with Gasteiger partial charge < -0.3 is 10.5 Å². The summed E-state index contributed by atoms with van der Waals surface area (Å²) in [7, 11) is -3.55. The highest BCUT2D eigenvalue weighted by molar-refractivity contribution is 9.10. The van der Waals surface area contributed by atoms with Gasteiger partial charge in [-0.05, 0) is 40.5 Å². The van der Waals surface area contributed by atoms with Crippen LogP contribution in [0.1, 0.15) is 6.42 Å². The van der Waals surface area contributed by atoms with E-state index in [2.05, 4.69) is 20.7 Å². The number of rotatable bonds is 3. The van der Waals surface area contributed by atoms with E-state index in [1.165, 1.54) is 6.07 Å². The van der Waals surface area contributed by atoms with Crippen LogP contribution >= 0.6 is 15.9 Å². The van der Waals surface area contributed by atoms with Crippen LogP contribution in [0.5, 0.6) is 0 Å². The molecule has 0 amide bonds. The lowest BCUT2D eigenvalue weighted by molar-refractivity contribution is 0.192. The second-order valence-electron chi connectivity index (χ2n) is 3.87. The smallest absolute Gasteiger partial charge is 0.242 e. The van der Waals surface area contributed by atoms with Crippen molar-refractivity contribution in [1.82, 2.24) is 4.72 Å². The van der Waals surface area contributed by atoms with Crippen molar-refractivity contribution in [3.05, 3.63) is 22.7 Å². The number of benzene rings is 1. The lowest BCUT2D eigenvalue weighted by atomic mass is 10.3. The van der Waals surface area contributed by atoms with Gasteiger partial charge in [-0.2, -0.15) is 0 Å². The molecule has 0 aliphatic carbocycles. The van der Waals surface area contributed by atoms with Crippen LogP contribution in [0.2, 0.25) is 0 Å². The first kappa shape index (κ1) is 12.8. The lowest BCUT2D eigenvalue weighted by Crippen LogP contribution is -2.35. The number of nitrogens with two attached hydrogens (primary N) is 1. The van der Waals surface area contributed by atoms with Crippen LogP contribution < -0.4 is 10.5 Å². The fourth-order valence-corrected chi connectivity index (χ4v) is 3.89. The van der Waals surface area contributed by atoms with Gasteiger partial charge in [-0.15, -0.1) is 0 Å². The number of hydrogen-bond donors (Lipinski definition) is 2. The second-order valence-corrected chi connectivity index (χ2v) is 6.41. The fourth-order valence-electron chi connectivity index (χ4n) is 1.64. The van der Waals surface area contributed by atoms with Crippen LogP contribution in [0.3, 0.4) is 0 Å². The molecule has 1 aliphatic heterocycles. The van der Waals surface area contributed by atoms with Crippen LogP contribution in [0.4, 0.5) is 5.69 Å². The SMILES string of the molecule is Nc1ccc(Br)c(S(=O)(=O)NC2CCOC2)c1. The number of sulfonamides is 1. The molecule has 3 N–H and O–H groups in total. The summed E-state index contributed by atoms with van der Waals surface area (Å²) in [5, 5.41) is 0. The van der Waals surface area contributed by atoms with E-state index in [1.807, 2.05) is 0 Å². The summed E-state index contributed by atoms with van der Waals surface area (Å²) in [6, 6.07) is 4.53. The van der Waals surface area contributed by atoms with Crippen molar-refractivity contribution < 1.29 is 13.2 Å². The predicted molar refractivity (Wildman–Crippen MR) is 68.1 cm³/mol. The molecule has 1 aromatic rings. The second kappa shape index (κ2) is 4.93. The van der Waals surface area contributed by atoms with Gasteiger partial charge in [0.2, 0.25) is 10.0 Å². The Bertz CT molecular complexity index is 512. The molecule has 94 valence electrons. The Morgan fingerprint density at radius 3 is 2.88 bits per heavy atom. The first-order valence-electron chi connectivity index (χ1n) is 5.14. The minimum atomic E-state index is -3.55. The molecule has 0 spiro atoms. The van der Waals surface area contributed by atoms with Crippen molar-refractivity contribution >= 4 is 31.6 Å². The van der Waals surface area contributed by atoms with E-state index >= 15 is 0 Å². The minimum absolute atomic E-state index is 0.157. The molecular weight excluding hydrogens is 308 g/mol. The largest absolute Gasteiger partial charge is 0.399 e. The van der Waals surface area contributed by atoms with E-state index in [1.54, 1.807) is 12.1 Å². The summed E-state index contributed by atoms with van der Waals surface area (Å²) in [5.74, 6) is 0. The number of ether oxygens (including phenoxy) is 1. The molecule has 17 heavy (non-hydrogen) atoms. The highest BCUT2D eigenvalue weighted by Gasteiger charge is 2.25. The average Bonchev–Trinajstić information content (AvgIpc) is 2.73. The molecule has 1 saturated heterocycles. The third-order valence-electron chi connectivity index (χ3n) is 2.50. The molecule has 1 heterocycles. The predicted octanol–water partition coefficient (Wildman–Crippen LogP) is 1.10. The molecule has 1 fully saturated rings. The van der Waals surface area contributed by atoms with Crippen LogP contribution in [0, 0.1) is 0 Å². The third kappa shape index (κ3) is 2.98. The van der Waals surface area contributed by atoms with Crippen molar-refractivity contribution in [2.75, 3.05) is 18.9 Å². The number of anilines is 1. The highest BCUT2D eigenvalue weighted by Crippen LogP contribution is 2.24. The molecule has 0 aromatic heterocycles. The Balaban J connectivity index is 2.27. The van der Waals surface area contributed by atoms with Crippen molar-refractivity contribution in [3.8, 4) is 0 Å². The van der Waals surface area contributed by atoms with Gasteiger partial charge >= 0.3 is 0 Å². The number of hydrogen-bond acceptors (Lipinski definition) is 4. The summed E-state index contributed by atoms with van der Waals surface area (Å²) in [6.07, 6.45) is 0.694. The molecular formula is C10H13BrN2O3S. The zero-order chi connectivity index (χ0) is 12.5. The standard InChI is InChI=1S/C10H13BrN2O3S/c11-9-2-1-7(12)5-10(9)17(14,15)13-8-3-4-16-6-8/h1-2,5,8,13H,3-4,6,12H2. The molecule has 1 unspecified atom stereocenters. The number of nitrogens with one attached hydrogen (secondary N) is 1. The van der Waals surface area contributed by atoms with Crippen LogP contribution in [0.15, 0.2) is 27.6 Å². The quantitative estimate of drug-likeness (QED) is 0.817. The Labute approximate surface area is 109 Å². The summed E-state index contributed by atoms with van der Waals surface area (Å²) in [6.45, 7) is 1.00. The molecule has 1 aromatic carbocycles. The molecule has 7 heteroatoms. The minimum Gasteiger partial charge on any atom is -0.399 e. The van der Waals surface area contributed by atoms with Gasteiger partial charge in [0.05, 0.1) is 11.5 Å². The molecule has 5 nitrogen and oxygen atoms in total. The van der Waals surface area contributed by atoms with Crippen molar-refractivity contribution in [3.63, 3.8) is 0 Å². The summed E-state index contributed by atoms with van der Waals surface area (Å²) in [4.78, 5) is 0.157. The summed E-state index contributed by atoms with van der Waals surface area (Å²) < 4.78 is 32.4. The van der Waals surface area contributed by atoms with Crippen LogP contribution in [-0.2, 0) is 14.8 Å². The van der Waals surface area contributed by atoms with E-state index < -0.39 is 10.0 Å².